The molecule has 0 saturated carbocycles. The Morgan fingerprint density at radius 3 is 2.55 bits per heavy atom. The molecule has 1 amide bonds. The Hall–Kier alpha value is -3.49. The van der Waals surface area contributed by atoms with Crippen LogP contribution >= 0.6 is 0 Å². The minimum Gasteiger partial charge on any atom is -0.490 e. The van der Waals surface area contributed by atoms with Crippen molar-refractivity contribution >= 4 is 22.6 Å². The van der Waals surface area contributed by atoms with Crippen LogP contribution in [0, 0.1) is 0 Å². The summed E-state index contributed by atoms with van der Waals surface area (Å²) < 4.78 is 51.8. The number of hydrogen-bond donors (Lipinski definition) is 1. The van der Waals surface area contributed by atoms with Crippen LogP contribution in [-0.4, -0.2) is 35.6 Å². The lowest BCUT2D eigenvalue weighted by molar-refractivity contribution is -0.122. The van der Waals surface area contributed by atoms with Crippen molar-refractivity contribution in [3.8, 4) is 11.5 Å². The molecule has 0 fully saturated rings. The van der Waals surface area contributed by atoms with Gasteiger partial charge in [-0.3, -0.25) is 9.59 Å². The maximum atomic E-state index is 13.0. The van der Waals surface area contributed by atoms with Crippen molar-refractivity contribution in [2.45, 2.75) is 38.5 Å². The molecule has 0 spiro atoms. The van der Waals surface area contributed by atoms with E-state index in [9.17, 15) is 22.8 Å². The van der Waals surface area contributed by atoms with E-state index < -0.39 is 17.5 Å². The average Bonchev–Trinajstić information content (AvgIpc) is 2.98. The van der Waals surface area contributed by atoms with Crippen LogP contribution in [0.15, 0.2) is 48.7 Å². The molecule has 0 saturated heterocycles. The molecular weight excluding hydrogens is 437 g/mol. The van der Waals surface area contributed by atoms with Crippen molar-refractivity contribution in [3.05, 3.63) is 59.8 Å². The van der Waals surface area contributed by atoms with Crippen molar-refractivity contribution in [1.82, 2.24) is 9.88 Å². The van der Waals surface area contributed by atoms with Gasteiger partial charge in [-0.1, -0.05) is 31.2 Å². The van der Waals surface area contributed by atoms with Crippen LogP contribution in [0.4, 0.5) is 13.2 Å². The van der Waals surface area contributed by atoms with Gasteiger partial charge in [-0.2, -0.15) is 13.2 Å². The minimum atomic E-state index is -5.00. The second-order valence-electron chi connectivity index (χ2n) is 7.80. The predicted molar refractivity (Wildman–Crippen MR) is 116 cm³/mol. The summed E-state index contributed by atoms with van der Waals surface area (Å²) >= 11 is 0. The van der Waals surface area contributed by atoms with E-state index in [0.29, 0.717) is 36.7 Å². The van der Waals surface area contributed by atoms with Gasteiger partial charge in [0.15, 0.2) is 11.5 Å². The molecule has 0 bridgehead atoms. The Bertz CT molecular complexity index is 1190. The molecule has 1 aliphatic rings. The standard InChI is InChI=1S/C24H23F3N2O4/c1-2-18(15-8-9-20-21(12-15)33-11-5-10-32-20)28-22(30)14-29-13-17(23(31)24(25,26)27)16-6-3-4-7-19(16)29/h3-4,6-9,12-13,18H,2,5,10-11,14H2,1H3,(H,28,30)/t18-/m1/s1. The second-order valence-corrected chi connectivity index (χ2v) is 7.80. The zero-order valence-electron chi connectivity index (χ0n) is 17.9. The summed E-state index contributed by atoms with van der Waals surface area (Å²) in [6.45, 7) is 2.80. The van der Waals surface area contributed by atoms with Crippen LogP contribution in [-0.2, 0) is 11.3 Å². The minimum absolute atomic E-state index is 0.155. The number of amides is 1. The number of alkyl halides is 3. The number of aromatic nitrogens is 1. The fourth-order valence-corrected chi connectivity index (χ4v) is 3.92. The number of rotatable bonds is 6. The largest absolute Gasteiger partial charge is 0.490 e. The predicted octanol–water partition coefficient (Wildman–Crippen LogP) is 4.82. The molecule has 6 nitrogen and oxygen atoms in total. The highest BCUT2D eigenvalue weighted by Crippen LogP contribution is 2.33. The van der Waals surface area contributed by atoms with E-state index in [0.717, 1.165) is 18.2 Å². The fourth-order valence-electron chi connectivity index (χ4n) is 3.92. The van der Waals surface area contributed by atoms with Gasteiger partial charge in [0, 0.05) is 23.5 Å². The number of ketones is 1. The molecular formula is C24H23F3N2O4. The van der Waals surface area contributed by atoms with Crippen molar-refractivity contribution in [2.24, 2.45) is 0 Å². The van der Waals surface area contributed by atoms with Gasteiger partial charge in [-0.05, 0) is 30.2 Å². The van der Waals surface area contributed by atoms with Gasteiger partial charge in [0.05, 0.1) is 24.8 Å². The summed E-state index contributed by atoms with van der Waals surface area (Å²) in [5, 5.41) is 3.08. The zero-order chi connectivity index (χ0) is 23.6. The smallest absolute Gasteiger partial charge is 0.454 e. The van der Waals surface area contributed by atoms with E-state index in [2.05, 4.69) is 5.32 Å². The van der Waals surface area contributed by atoms with Gasteiger partial charge in [0.2, 0.25) is 5.91 Å². The molecule has 2 heterocycles. The highest BCUT2D eigenvalue weighted by atomic mass is 19.4. The van der Waals surface area contributed by atoms with Gasteiger partial charge in [0.1, 0.15) is 6.54 Å². The van der Waals surface area contributed by atoms with E-state index in [1.807, 2.05) is 19.1 Å². The Balaban J connectivity index is 1.55. The van der Waals surface area contributed by atoms with E-state index >= 15 is 0 Å². The summed E-state index contributed by atoms with van der Waals surface area (Å²) in [7, 11) is 0. The third-order valence-corrected chi connectivity index (χ3v) is 5.52. The maximum Gasteiger partial charge on any atom is 0.454 e. The van der Waals surface area contributed by atoms with Gasteiger partial charge < -0.3 is 19.4 Å². The first-order chi connectivity index (χ1) is 15.8. The summed E-state index contributed by atoms with van der Waals surface area (Å²) in [6.07, 6.45) is -2.53. The number of carbonyl (C=O) groups excluding carboxylic acids is 2. The molecule has 0 radical (unpaired) electrons. The van der Waals surface area contributed by atoms with Crippen LogP contribution in [0.25, 0.3) is 10.9 Å². The third kappa shape index (κ3) is 4.81. The number of nitrogens with zero attached hydrogens (tertiary/aromatic N) is 1. The molecule has 0 aliphatic carbocycles. The number of halogens is 3. The average molecular weight is 460 g/mol. The Morgan fingerprint density at radius 2 is 1.82 bits per heavy atom. The number of ether oxygens (including phenoxy) is 2. The zero-order valence-corrected chi connectivity index (χ0v) is 17.9. The van der Waals surface area contributed by atoms with Crippen molar-refractivity contribution in [2.75, 3.05) is 13.2 Å². The van der Waals surface area contributed by atoms with Gasteiger partial charge in [-0.15, -0.1) is 0 Å². The van der Waals surface area contributed by atoms with Crippen LogP contribution < -0.4 is 14.8 Å². The molecule has 174 valence electrons. The van der Waals surface area contributed by atoms with E-state index in [1.54, 1.807) is 24.3 Å². The highest BCUT2D eigenvalue weighted by molar-refractivity contribution is 6.10. The van der Waals surface area contributed by atoms with Crippen LogP contribution in [0.5, 0.6) is 11.5 Å². The molecule has 2 aromatic carbocycles. The summed E-state index contributed by atoms with van der Waals surface area (Å²) in [6, 6.07) is 11.4. The van der Waals surface area contributed by atoms with E-state index in [4.69, 9.17) is 9.47 Å². The Morgan fingerprint density at radius 1 is 1.09 bits per heavy atom. The fraction of sp³-hybridized carbons (Fsp3) is 0.333. The maximum absolute atomic E-state index is 13.0. The van der Waals surface area contributed by atoms with Crippen molar-refractivity contribution in [3.63, 3.8) is 0 Å². The van der Waals surface area contributed by atoms with Gasteiger partial charge >= 0.3 is 6.18 Å². The Labute approximate surface area is 188 Å². The Kier molecular flexibility index (Phi) is 6.31. The number of para-hydroxylation sites is 1. The first-order valence-corrected chi connectivity index (χ1v) is 10.7. The molecule has 9 heteroatoms. The molecule has 1 aliphatic heterocycles. The number of hydrogen-bond acceptors (Lipinski definition) is 4. The molecule has 33 heavy (non-hydrogen) atoms. The normalized spacial score (nSPS) is 14.5. The SMILES string of the molecule is CC[C@@H](NC(=O)Cn1cc(C(=O)C(F)(F)F)c2ccccc21)c1ccc2c(c1)OCCCO2. The van der Waals surface area contributed by atoms with Crippen molar-refractivity contribution in [1.29, 1.82) is 0 Å². The number of benzene rings is 2. The van der Waals surface area contributed by atoms with Crippen LogP contribution in [0.1, 0.15) is 41.7 Å². The number of nitrogens with one attached hydrogen (secondary N) is 1. The summed E-state index contributed by atoms with van der Waals surface area (Å²) in [5.41, 5.74) is 0.741. The first kappa shape index (κ1) is 22.7. The highest BCUT2D eigenvalue weighted by Gasteiger charge is 2.40. The molecule has 0 unspecified atom stereocenters. The molecule has 1 N–H and O–H groups in total. The molecule has 4 rings (SSSR count). The second kappa shape index (κ2) is 9.17. The number of Topliss-reactive ketones (excluding diaryl/α,β-unsaturated/α-hetero) is 1. The molecule has 3 aromatic rings. The quantitative estimate of drug-likeness (QED) is 0.536. The van der Waals surface area contributed by atoms with Gasteiger partial charge in [-0.25, -0.2) is 0 Å². The van der Waals surface area contributed by atoms with Crippen LogP contribution in [0.3, 0.4) is 0 Å². The van der Waals surface area contributed by atoms with E-state index in [-0.39, 0.29) is 23.9 Å². The summed E-state index contributed by atoms with van der Waals surface area (Å²) in [5.74, 6) is -1.06. The monoisotopic (exact) mass is 460 g/mol. The number of fused-ring (bicyclic) bond motifs is 2. The van der Waals surface area contributed by atoms with Crippen LogP contribution in [0.2, 0.25) is 0 Å². The topological polar surface area (TPSA) is 69.6 Å². The molecule has 1 aromatic heterocycles. The summed E-state index contributed by atoms with van der Waals surface area (Å²) in [4.78, 5) is 24.7. The van der Waals surface area contributed by atoms with E-state index in [1.165, 1.54) is 10.6 Å². The first-order valence-electron chi connectivity index (χ1n) is 10.7. The van der Waals surface area contributed by atoms with Crippen molar-refractivity contribution < 1.29 is 32.2 Å². The molecule has 1 atom stereocenters. The lowest BCUT2D eigenvalue weighted by Gasteiger charge is -2.19. The van der Waals surface area contributed by atoms with Gasteiger partial charge in [0.25, 0.3) is 5.78 Å². The number of carbonyl (C=O) groups is 2. The lowest BCUT2D eigenvalue weighted by atomic mass is 10.0. The lowest BCUT2D eigenvalue weighted by Crippen LogP contribution is -2.31. The third-order valence-electron chi connectivity index (χ3n) is 5.52.